The largest absolute Gasteiger partial charge is 0.509 e. The van der Waals surface area contributed by atoms with E-state index in [-0.39, 0.29) is 11.1 Å². The van der Waals surface area contributed by atoms with Gasteiger partial charge in [0.25, 0.3) is 0 Å². The molecule has 2 aromatic rings. The number of nitrogens with zero attached hydrogens (tertiary/aromatic N) is 2. The second-order valence-corrected chi connectivity index (χ2v) is 13.9. The number of fused-ring (bicyclic) bond motifs is 5. The molecule has 0 radical (unpaired) electrons. The minimum absolute atomic E-state index is 0.00234. The van der Waals surface area contributed by atoms with Crippen molar-refractivity contribution in [1.82, 2.24) is 9.78 Å². The Morgan fingerprint density at radius 2 is 2.07 bits per heavy atom. The first-order chi connectivity index (χ1) is 13.1. The Morgan fingerprint density at radius 1 is 1.32 bits per heavy atom. The maximum absolute atomic E-state index is 11.7. The average Bonchev–Trinajstić information content (AvgIpc) is 3.15. The number of ether oxygens (including phenoxy) is 3. The summed E-state index contributed by atoms with van der Waals surface area (Å²) in [5.74, 6) is 0.715. The Bertz CT molecular complexity index is 917. The molecule has 3 atom stereocenters. The van der Waals surface area contributed by atoms with Gasteiger partial charge in [0.05, 0.1) is 29.9 Å². The molecule has 1 aromatic carbocycles. The molecule has 7 nitrogen and oxygen atoms in total. The summed E-state index contributed by atoms with van der Waals surface area (Å²) < 4.78 is 25.0. The summed E-state index contributed by atoms with van der Waals surface area (Å²) in [6.07, 6.45) is 0.296. The van der Waals surface area contributed by atoms with Crippen LogP contribution in [0.3, 0.4) is 0 Å². The van der Waals surface area contributed by atoms with E-state index in [2.05, 4.69) is 45.9 Å². The van der Waals surface area contributed by atoms with Crippen LogP contribution in [-0.4, -0.2) is 43.1 Å². The van der Waals surface area contributed by atoms with Gasteiger partial charge in [0.15, 0.2) is 20.5 Å². The number of hydrogen-bond donors (Lipinski definition) is 0. The van der Waals surface area contributed by atoms with Crippen LogP contribution in [0.1, 0.15) is 39.4 Å². The summed E-state index contributed by atoms with van der Waals surface area (Å²) >= 11 is 0. The third-order valence-electron chi connectivity index (χ3n) is 6.03. The lowest BCUT2D eigenvalue weighted by Crippen LogP contribution is -2.44. The van der Waals surface area contributed by atoms with Crippen molar-refractivity contribution in [3.8, 4) is 5.75 Å². The van der Waals surface area contributed by atoms with E-state index in [0.717, 1.165) is 16.5 Å². The van der Waals surface area contributed by atoms with Crippen molar-refractivity contribution in [2.45, 2.75) is 70.7 Å². The van der Waals surface area contributed by atoms with Crippen LogP contribution >= 0.6 is 0 Å². The van der Waals surface area contributed by atoms with Gasteiger partial charge < -0.3 is 18.6 Å². The number of aromatic nitrogens is 2. The number of carbonyl (C=O) groups excluding carboxylic acids is 1. The van der Waals surface area contributed by atoms with E-state index >= 15 is 0 Å². The van der Waals surface area contributed by atoms with Gasteiger partial charge in [0, 0.05) is 5.39 Å². The van der Waals surface area contributed by atoms with E-state index in [1.165, 1.54) is 0 Å². The molecular weight excluding hydrogens is 376 g/mol. The van der Waals surface area contributed by atoms with Crippen LogP contribution in [0.2, 0.25) is 18.1 Å². The van der Waals surface area contributed by atoms with Gasteiger partial charge in [-0.2, -0.15) is 5.10 Å². The molecule has 2 aliphatic heterocycles. The van der Waals surface area contributed by atoms with Crippen LogP contribution < -0.4 is 4.74 Å². The van der Waals surface area contributed by atoms with Gasteiger partial charge in [0.1, 0.15) is 12.4 Å². The van der Waals surface area contributed by atoms with E-state index < -0.39 is 26.7 Å². The fourth-order valence-electron chi connectivity index (χ4n) is 3.62. The Balaban J connectivity index is 1.67. The van der Waals surface area contributed by atoms with E-state index in [4.69, 9.17) is 18.6 Å². The fourth-order valence-corrected chi connectivity index (χ4v) is 5.05. The van der Waals surface area contributed by atoms with Crippen molar-refractivity contribution in [3.05, 3.63) is 23.9 Å². The summed E-state index contributed by atoms with van der Waals surface area (Å²) in [5.41, 5.74) is 1.74. The lowest BCUT2D eigenvalue weighted by Gasteiger charge is -2.38. The molecule has 3 heterocycles. The van der Waals surface area contributed by atoms with Gasteiger partial charge in [-0.3, -0.25) is 4.68 Å². The highest BCUT2D eigenvalue weighted by Gasteiger charge is 2.45. The van der Waals surface area contributed by atoms with Crippen LogP contribution in [-0.2, 0) is 20.4 Å². The Hall–Kier alpha value is -2.06. The minimum Gasteiger partial charge on any atom is -0.489 e. The van der Waals surface area contributed by atoms with E-state index in [9.17, 15) is 4.79 Å². The van der Waals surface area contributed by atoms with Gasteiger partial charge in [-0.15, -0.1) is 0 Å². The van der Waals surface area contributed by atoms with Crippen molar-refractivity contribution < 1.29 is 23.4 Å². The lowest BCUT2D eigenvalue weighted by molar-refractivity contribution is 0.0743. The fraction of sp³-hybridized carbons (Fsp3) is 0.600. The van der Waals surface area contributed by atoms with Crippen molar-refractivity contribution in [1.29, 1.82) is 0 Å². The number of carbonyl (C=O) groups is 1. The van der Waals surface area contributed by atoms with Crippen molar-refractivity contribution in [3.63, 3.8) is 0 Å². The van der Waals surface area contributed by atoms with Gasteiger partial charge >= 0.3 is 6.16 Å². The SMILES string of the molecule is C[C@H](Cn1ncc2ccc3c(c21)[C@H]1OC(=O)O[C@H]1CO3)O[Si](C)(C)C(C)(C)C. The first-order valence-corrected chi connectivity index (χ1v) is 12.6. The van der Waals surface area contributed by atoms with Crippen LogP contribution in [0.25, 0.3) is 10.9 Å². The lowest BCUT2D eigenvalue weighted by atomic mass is 9.98. The van der Waals surface area contributed by atoms with Crippen LogP contribution in [0.4, 0.5) is 4.79 Å². The molecule has 8 heteroatoms. The van der Waals surface area contributed by atoms with E-state index in [1.54, 1.807) is 0 Å². The topological polar surface area (TPSA) is 71.8 Å². The number of rotatable bonds is 4. The van der Waals surface area contributed by atoms with Crippen LogP contribution in [0.15, 0.2) is 18.3 Å². The maximum Gasteiger partial charge on any atom is 0.509 e. The second kappa shape index (κ2) is 6.49. The summed E-state index contributed by atoms with van der Waals surface area (Å²) in [4.78, 5) is 11.7. The van der Waals surface area contributed by atoms with Gasteiger partial charge in [-0.25, -0.2) is 4.79 Å². The third-order valence-corrected chi connectivity index (χ3v) is 10.6. The molecule has 0 amide bonds. The monoisotopic (exact) mass is 404 g/mol. The van der Waals surface area contributed by atoms with Gasteiger partial charge in [-0.05, 0) is 37.2 Å². The molecule has 0 unspecified atom stereocenters. The molecule has 0 spiro atoms. The van der Waals surface area contributed by atoms with E-state index in [0.29, 0.717) is 18.9 Å². The highest BCUT2D eigenvalue weighted by molar-refractivity contribution is 6.74. The maximum atomic E-state index is 11.7. The zero-order chi connectivity index (χ0) is 20.3. The molecule has 0 bridgehead atoms. The molecule has 0 saturated carbocycles. The van der Waals surface area contributed by atoms with Gasteiger partial charge in [0.2, 0.25) is 0 Å². The molecule has 1 fully saturated rings. The summed E-state index contributed by atoms with van der Waals surface area (Å²) in [7, 11) is -1.88. The molecular formula is C20H28N2O5Si. The third kappa shape index (κ3) is 3.18. The second-order valence-electron chi connectivity index (χ2n) is 9.19. The predicted molar refractivity (Wildman–Crippen MR) is 107 cm³/mol. The highest BCUT2D eigenvalue weighted by Crippen LogP contribution is 2.44. The van der Waals surface area contributed by atoms with Crippen LogP contribution in [0, 0.1) is 0 Å². The first kappa shape index (κ1) is 19.3. The van der Waals surface area contributed by atoms with Crippen molar-refractivity contribution >= 4 is 25.4 Å². The molecule has 1 saturated heterocycles. The number of benzene rings is 1. The predicted octanol–water partition coefficient (Wildman–Crippen LogP) is 4.42. The molecule has 1 aromatic heterocycles. The van der Waals surface area contributed by atoms with Crippen LogP contribution in [0.5, 0.6) is 5.75 Å². The van der Waals surface area contributed by atoms with Crippen molar-refractivity contribution in [2.75, 3.05) is 6.61 Å². The standard InChI is InChI=1S/C20H28N2O5Si/c1-12(27-28(5,6)20(2,3)4)10-22-17-13(9-21-22)7-8-14-16(17)18-15(11-24-14)25-19(23)26-18/h7-9,12,15,18H,10-11H2,1-6H3/t12-,15+,18+/m1/s1. The summed E-state index contributed by atoms with van der Waals surface area (Å²) in [6, 6.07) is 3.89. The highest BCUT2D eigenvalue weighted by atomic mass is 28.4. The summed E-state index contributed by atoms with van der Waals surface area (Å²) in [5, 5.41) is 5.70. The van der Waals surface area contributed by atoms with E-state index in [1.807, 2.05) is 23.0 Å². The Kier molecular flexibility index (Phi) is 4.46. The van der Waals surface area contributed by atoms with Gasteiger partial charge in [-0.1, -0.05) is 20.8 Å². The van der Waals surface area contributed by atoms with Crippen molar-refractivity contribution in [2.24, 2.45) is 0 Å². The Morgan fingerprint density at radius 3 is 2.79 bits per heavy atom. The number of hydrogen-bond acceptors (Lipinski definition) is 6. The minimum atomic E-state index is -1.88. The molecule has 0 aliphatic carbocycles. The molecule has 4 rings (SSSR count). The zero-order valence-electron chi connectivity index (χ0n) is 17.3. The quantitative estimate of drug-likeness (QED) is 0.555. The Labute approximate surface area is 166 Å². The molecule has 152 valence electrons. The first-order valence-electron chi connectivity index (χ1n) is 9.73. The summed E-state index contributed by atoms with van der Waals surface area (Å²) in [6.45, 7) is 14.2. The zero-order valence-corrected chi connectivity index (χ0v) is 18.3. The molecule has 0 N–H and O–H groups in total. The molecule has 28 heavy (non-hydrogen) atoms. The average molecular weight is 405 g/mol. The normalized spacial score (nSPS) is 22.9. The molecule has 2 aliphatic rings. The smallest absolute Gasteiger partial charge is 0.489 e.